The van der Waals surface area contributed by atoms with Gasteiger partial charge < -0.3 is 29.6 Å². The third-order valence-corrected chi connectivity index (χ3v) is 6.12. The van der Waals surface area contributed by atoms with Crippen molar-refractivity contribution in [2.75, 3.05) is 59.1 Å². The maximum Gasteiger partial charge on any atom is 0.338 e. The van der Waals surface area contributed by atoms with E-state index in [0.29, 0.717) is 40.6 Å². The lowest BCUT2D eigenvalue weighted by molar-refractivity contribution is -0.139. The van der Waals surface area contributed by atoms with E-state index in [-0.39, 0.29) is 6.61 Å². The number of esters is 1. The van der Waals surface area contributed by atoms with E-state index in [4.69, 9.17) is 18.9 Å². The van der Waals surface area contributed by atoms with E-state index in [9.17, 15) is 9.59 Å². The number of amides is 2. The van der Waals surface area contributed by atoms with Gasteiger partial charge in [-0.2, -0.15) is 11.8 Å². The second-order valence-electron chi connectivity index (χ2n) is 6.98. The highest BCUT2D eigenvalue weighted by atomic mass is 32.2. The van der Waals surface area contributed by atoms with E-state index < -0.39 is 18.0 Å². The molecular weight excluding hydrogens is 422 g/mol. The van der Waals surface area contributed by atoms with Gasteiger partial charge in [-0.3, -0.25) is 4.90 Å². The normalized spacial score (nSPS) is 19.4. The van der Waals surface area contributed by atoms with E-state index >= 15 is 0 Å². The summed E-state index contributed by atoms with van der Waals surface area (Å²) in [6, 6.07) is 2.22. The zero-order chi connectivity index (χ0) is 22.4. The Bertz CT molecular complexity index is 854. The van der Waals surface area contributed by atoms with Crippen LogP contribution in [0.2, 0.25) is 0 Å². The maximum atomic E-state index is 13.0. The summed E-state index contributed by atoms with van der Waals surface area (Å²) in [5, 5.41) is 5.67. The molecule has 3 rings (SSSR count). The number of hydrogen-bond acceptors (Lipinski definition) is 8. The molecule has 2 amide bonds. The summed E-state index contributed by atoms with van der Waals surface area (Å²) in [6.45, 7) is 4.20. The third kappa shape index (κ3) is 5.19. The molecule has 1 aromatic carbocycles. The molecule has 1 saturated heterocycles. The van der Waals surface area contributed by atoms with Gasteiger partial charge in [0, 0.05) is 48.5 Å². The molecule has 1 fully saturated rings. The molecule has 2 N–H and O–H groups in total. The minimum Gasteiger partial charge on any atom is -0.496 e. The molecule has 170 valence electrons. The van der Waals surface area contributed by atoms with Crippen molar-refractivity contribution < 1.29 is 28.5 Å². The summed E-state index contributed by atoms with van der Waals surface area (Å²) in [5.74, 6) is 2.95. The van der Waals surface area contributed by atoms with Crippen LogP contribution < -0.4 is 24.8 Å². The van der Waals surface area contributed by atoms with E-state index in [1.54, 1.807) is 19.1 Å². The first-order valence-electron chi connectivity index (χ1n) is 10.1. The standard InChI is InChI=1S/C21H29N3O6S/c1-5-30-20(25)18-14(12-24-6-8-31-9-7-24)22-21(26)23-19(18)13-10-16(28-3)17(29-4)11-15(13)27-2/h10-11,19H,5-9,12H2,1-4H3,(H2,22,23,26). The van der Waals surface area contributed by atoms with Crippen LogP contribution in [-0.2, 0) is 9.53 Å². The van der Waals surface area contributed by atoms with E-state index in [0.717, 1.165) is 24.6 Å². The van der Waals surface area contributed by atoms with Crippen molar-refractivity contribution in [1.29, 1.82) is 0 Å². The number of nitrogens with one attached hydrogen (secondary N) is 2. The fourth-order valence-electron chi connectivity index (χ4n) is 3.69. The van der Waals surface area contributed by atoms with Gasteiger partial charge in [-0.1, -0.05) is 0 Å². The molecule has 0 aromatic heterocycles. The number of thioether (sulfide) groups is 1. The summed E-state index contributed by atoms with van der Waals surface area (Å²) >= 11 is 1.90. The predicted octanol–water partition coefficient (Wildman–Crippen LogP) is 1.93. The molecule has 0 radical (unpaired) electrons. The zero-order valence-corrected chi connectivity index (χ0v) is 19.1. The number of carbonyl (C=O) groups is 2. The predicted molar refractivity (Wildman–Crippen MR) is 118 cm³/mol. The van der Waals surface area contributed by atoms with Gasteiger partial charge in [-0.25, -0.2) is 9.59 Å². The molecule has 31 heavy (non-hydrogen) atoms. The van der Waals surface area contributed by atoms with Crippen LogP contribution in [0, 0.1) is 0 Å². The van der Waals surface area contributed by atoms with Crippen LogP contribution in [0.5, 0.6) is 17.2 Å². The van der Waals surface area contributed by atoms with Crippen LogP contribution in [0.1, 0.15) is 18.5 Å². The Labute approximate surface area is 186 Å². The van der Waals surface area contributed by atoms with Gasteiger partial charge in [-0.05, 0) is 13.0 Å². The van der Waals surface area contributed by atoms with Crippen LogP contribution >= 0.6 is 11.8 Å². The van der Waals surface area contributed by atoms with Gasteiger partial charge in [0.15, 0.2) is 11.5 Å². The second-order valence-corrected chi connectivity index (χ2v) is 8.21. The molecule has 1 unspecified atom stereocenters. The number of urea groups is 1. The first kappa shape index (κ1) is 23.1. The summed E-state index contributed by atoms with van der Waals surface area (Å²) in [4.78, 5) is 27.8. The summed E-state index contributed by atoms with van der Waals surface area (Å²) in [6.07, 6.45) is 0. The van der Waals surface area contributed by atoms with Gasteiger partial charge >= 0.3 is 12.0 Å². The van der Waals surface area contributed by atoms with Gasteiger partial charge in [0.2, 0.25) is 0 Å². The summed E-state index contributed by atoms with van der Waals surface area (Å²) in [7, 11) is 4.58. The topological polar surface area (TPSA) is 98.4 Å². The number of methoxy groups -OCH3 is 3. The summed E-state index contributed by atoms with van der Waals surface area (Å²) in [5.41, 5.74) is 1.46. The van der Waals surface area contributed by atoms with Crippen molar-refractivity contribution in [2.45, 2.75) is 13.0 Å². The quantitative estimate of drug-likeness (QED) is 0.579. The van der Waals surface area contributed by atoms with Crippen LogP contribution in [0.4, 0.5) is 4.79 Å². The Balaban J connectivity index is 2.10. The molecule has 1 atom stereocenters. The highest BCUT2D eigenvalue weighted by molar-refractivity contribution is 7.99. The lowest BCUT2D eigenvalue weighted by atomic mass is 9.93. The van der Waals surface area contributed by atoms with E-state index in [2.05, 4.69) is 15.5 Å². The zero-order valence-electron chi connectivity index (χ0n) is 18.3. The molecular formula is C21H29N3O6S. The maximum absolute atomic E-state index is 13.0. The first-order valence-corrected chi connectivity index (χ1v) is 11.3. The average Bonchev–Trinajstić information content (AvgIpc) is 2.78. The molecule has 0 aliphatic carbocycles. The Morgan fingerprint density at radius 2 is 1.74 bits per heavy atom. The number of rotatable bonds is 8. The van der Waals surface area contributed by atoms with E-state index in [1.807, 2.05) is 11.8 Å². The van der Waals surface area contributed by atoms with Crippen molar-refractivity contribution in [1.82, 2.24) is 15.5 Å². The molecule has 2 aliphatic heterocycles. The number of carbonyl (C=O) groups excluding carboxylic acids is 2. The second kappa shape index (κ2) is 10.6. The number of nitrogens with zero attached hydrogens (tertiary/aromatic N) is 1. The largest absolute Gasteiger partial charge is 0.496 e. The Hall–Kier alpha value is -2.59. The minimum absolute atomic E-state index is 0.222. The van der Waals surface area contributed by atoms with Crippen molar-refractivity contribution in [3.05, 3.63) is 29.0 Å². The van der Waals surface area contributed by atoms with Gasteiger partial charge in [0.1, 0.15) is 5.75 Å². The van der Waals surface area contributed by atoms with Crippen LogP contribution in [0.25, 0.3) is 0 Å². The molecule has 2 aliphatic rings. The smallest absolute Gasteiger partial charge is 0.338 e. The lowest BCUT2D eigenvalue weighted by Crippen LogP contribution is -2.49. The number of ether oxygens (including phenoxy) is 4. The highest BCUT2D eigenvalue weighted by Crippen LogP contribution is 2.41. The summed E-state index contributed by atoms with van der Waals surface area (Å²) < 4.78 is 21.7. The van der Waals surface area contributed by atoms with Crippen LogP contribution in [-0.4, -0.2) is 76.0 Å². The van der Waals surface area contributed by atoms with Crippen molar-refractivity contribution in [2.24, 2.45) is 0 Å². The molecule has 0 bridgehead atoms. The molecule has 9 nitrogen and oxygen atoms in total. The Morgan fingerprint density at radius 3 is 2.35 bits per heavy atom. The van der Waals surface area contributed by atoms with Gasteiger partial charge in [0.25, 0.3) is 0 Å². The minimum atomic E-state index is -0.767. The molecule has 0 spiro atoms. The number of hydrogen-bond donors (Lipinski definition) is 2. The van der Waals surface area contributed by atoms with Crippen LogP contribution in [0.3, 0.4) is 0 Å². The molecule has 0 saturated carbocycles. The van der Waals surface area contributed by atoms with Crippen molar-refractivity contribution in [3.8, 4) is 17.2 Å². The number of benzene rings is 1. The lowest BCUT2D eigenvalue weighted by Gasteiger charge is -2.33. The fourth-order valence-corrected chi connectivity index (χ4v) is 4.67. The van der Waals surface area contributed by atoms with Gasteiger partial charge in [0.05, 0.1) is 39.6 Å². The van der Waals surface area contributed by atoms with Crippen molar-refractivity contribution in [3.63, 3.8) is 0 Å². The van der Waals surface area contributed by atoms with Gasteiger partial charge in [-0.15, -0.1) is 0 Å². The van der Waals surface area contributed by atoms with Crippen LogP contribution in [0.15, 0.2) is 23.4 Å². The van der Waals surface area contributed by atoms with Crippen molar-refractivity contribution >= 4 is 23.8 Å². The third-order valence-electron chi connectivity index (χ3n) is 5.18. The molecule has 2 heterocycles. The Kier molecular flexibility index (Phi) is 7.91. The Morgan fingerprint density at radius 1 is 1.10 bits per heavy atom. The monoisotopic (exact) mass is 451 g/mol. The molecule has 1 aromatic rings. The SMILES string of the molecule is CCOC(=O)C1=C(CN2CCSCC2)NC(=O)NC1c1cc(OC)c(OC)cc1OC. The first-order chi connectivity index (χ1) is 15.0. The van der Waals surface area contributed by atoms with E-state index in [1.165, 1.54) is 21.3 Å². The average molecular weight is 452 g/mol. The fraction of sp³-hybridized carbons (Fsp3) is 0.524. The highest BCUT2D eigenvalue weighted by Gasteiger charge is 2.36. The molecule has 10 heteroatoms.